The lowest BCUT2D eigenvalue weighted by Gasteiger charge is -2.32. The van der Waals surface area contributed by atoms with Gasteiger partial charge >= 0.3 is 0 Å². The Bertz CT molecular complexity index is 614. The molecule has 2 saturated heterocycles. The summed E-state index contributed by atoms with van der Waals surface area (Å²) in [6.45, 7) is 6.22. The molecule has 2 atom stereocenters. The monoisotopic (exact) mass is 393 g/mol. The zero-order chi connectivity index (χ0) is 18.4. The summed E-state index contributed by atoms with van der Waals surface area (Å²) >= 11 is 0. The Kier molecular flexibility index (Phi) is 8.58. The van der Waals surface area contributed by atoms with E-state index in [4.69, 9.17) is 0 Å². The molecule has 1 aromatic rings. The highest BCUT2D eigenvalue weighted by atomic mass is 35.5. The van der Waals surface area contributed by atoms with E-state index in [1.54, 1.807) is 0 Å². The van der Waals surface area contributed by atoms with Gasteiger partial charge in [-0.25, -0.2) is 0 Å². The fourth-order valence-electron chi connectivity index (χ4n) is 3.97. The highest BCUT2D eigenvalue weighted by molar-refractivity contribution is 5.94. The van der Waals surface area contributed by atoms with Crippen molar-refractivity contribution < 1.29 is 9.59 Å². The zero-order valence-electron chi connectivity index (χ0n) is 16.2. The highest BCUT2D eigenvalue weighted by Gasteiger charge is 2.28. The molecule has 2 aliphatic rings. The molecule has 3 rings (SSSR count). The average molecular weight is 394 g/mol. The van der Waals surface area contributed by atoms with E-state index in [1.807, 2.05) is 36.1 Å². The molecule has 6 heteroatoms. The van der Waals surface area contributed by atoms with Crippen LogP contribution < -0.4 is 10.6 Å². The highest BCUT2D eigenvalue weighted by Crippen LogP contribution is 2.19. The summed E-state index contributed by atoms with van der Waals surface area (Å²) in [5, 5.41) is 6.52. The molecule has 0 spiro atoms. The standard InChI is InChI=1S/C21H31N3O2.ClH/c1-16-6-8-18(9-7-16)21(26)24-13-3-5-19(15-24)20(25)23-12-10-17-4-2-11-22-14-17;/h6-9,17,19,22H,2-5,10-15H2,1H3,(H,23,25);1H. The van der Waals surface area contributed by atoms with Gasteiger partial charge in [-0.3, -0.25) is 9.59 Å². The number of aryl methyl sites for hydroxylation is 1. The summed E-state index contributed by atoms with van der Waals surface area (Å²) in [4.78, 5) is 27.0. The van der Waals surface area contributed by atoms with Crippen LogP contribution in [-0.4, -0.2) is 49.4 Å². The smallest absolute Gasteiger partial charge is 0.253 e. The zero-order valence-corrected chi connectivity index (χ0v) is 17.0. The van der Waals surface area contributed by atoms with Crippen LogP contribution in [0.5, 0.6) is 0 Å². The molecule has 2 heterocycles. The molecule has 0 aromatic heterocycles. The lowest BCUT2D eigenvalue weighted by atomic mass is 9.95. The number of hydrogen-bond donors (Lipinski definition) is 2. The molecule has 27 heavy (non-hydrogen) atoms. The van der Waals surface area contributed by atoms with Crippen molar-refractivity contribution in [3.8, 4) is 0 Å². The predicted octanol–water partition coefficient (Wildman–Crippen LogP) is 2.77. The molecule has 150 valence electrons. The van der Waals surface area contributed by atoms with E-state index in [9.17, 15) is 9.59 Å². The van der Waals surface area contributed by atoms with Gasteiger partial charge in [0.1, 0.15) is 0 Å². The Labute approximate surface area is 168 Å². The van der Waals surface area contributed by atoms with Gasteiger partial charge in [0.05, 0.1) is 5.92 Å². The Balaban J connectivity index is 0.00000261. The van der Waals surface area contributed by atoms with Crippen molar-refractivity contribution in [1.82, 2.24) is 15.5 Å². The van der Waals surface area contributed by atoms with Crippen LogP contribution in [0.2, 0.25) is 0 Å². The molecule has 2 aliphatic heterocycles. The van der Waals surface area contributed by atoms with Crippen LogP contribution in [0.4, 0.5) is 0 Å². The van der Waals surface area contributed by atoms with Gasteiger partial charge in [0.2, 0.25) is 5.91 Å². The molecule has 0 bridgehead atoms. The molecule has 2 fully saturated rings. The second-order valence-corrected chi connectivity index (χ2v) is 7.75. The van der Waals surface area contributed by atoms with Crippen molar-refractivity contribution in [2.45, 2.75) is 39.0 Å². The first-order chi connectivity index (χ1) is 12.6. The second-order valence-electron chi connectivity index (χ2n) is 7.75. The molecule has 0 aliphatic carbocycles. The van der Waals surface area contributed by atoms with E-state index in [0.717, 1.165) is 51.0 Å². The van der Waals surface area contributed by atoms with Gasteiger partial charge in [-0.15, -0.1) is 12.4 Å². The number of halogens is 1. The van der Waals surface area contributed by atoms with E-state index >= 15 is 0 Å². The largest absolute Gasteiger partial charge is 0.356 e. The second kappa shape index (κ2) is 10.7. The van der Waals surface area contributed by atoms with Gasteiger partial charge < -0.3 is 15.5 Å². The van der Waals surface area contributed by atoms with Crippen LogP contribution in [0, 0.1) is 18.8 Å². The molecular weight excluding hydrogens is 362 g/mol. The van der Waals surface area contributed by atoms with Crippen molar-refractivity contribution in [2.75, 3.05) is 32.7 Å². The Morgan fingerprint density at radius 3 is 2.67 bits per heavy atom. The first-order valence-electron chi connectivity index (χ1n) is 9.98. The summed E-state index contributed by atoms with van der Waals surface area (Å²) in [6.07, 6.45) is 5.29. The third kappa shape index (κ3) is 6.22. The number of piperidine rings is 2. The van der Waals surface area contributed by atoms with Crippen LogP contribution in [-0.2, 0) is 4.79 Å². The minimum atomic E-state index is -0.0809. The molecule has 1 aromatic carbocycles. The maximum atomic E-state index is 12.7. The van der Waals surface area contributed by atoms with Crippen LogP contribution in [0.15, 0.2) is 24.3 Å². The SMILES string of the molecule is Cc1ccc(C(=O)N2CCCC(C(=O)NCCC3CCCNC3)C2)cc1.Cl. The van der Waals surface area contributed by atoms with Gasteiger partial charge in [0.25, 0.3) is 5.91 Å². The summed E-state index contributed by atoms with van der Waals surface area (Å²) < 4.78 is 0. The van der Waals surface area contributed by atoms with Crippen molar-refractivity contribution >= 4 is 24.2 Å². The molecular formula is C21H32ClN3O2. The van der Waals surface area contributed by atoms with Crippen LogP contribution in [0.25, 0.3) is 0 Å². The lowest BCUT2D eigenvalue weighted by Crippen LogP contribution is -2.45. The maximum Gasteiger partial charge on any atom is 0.253 e. The van der Waals surface area contributed by atoms with Gasteiger partial charge in [0, 0.05) is 25.2 Å². The van der Waals surface area contributed by atoms with Gasteiger partial charge in [-0.2, -0.15) is 0 Å². The molecule has 2 N–H and O–H groups in total. The number of nitrogens with one attached hydrogen (secondary N) is 2. The van der Waals surface area contributed by atoms with E-state index in [0.29, 0.717) is 18.0 Å². The molecule has 0 radical (unpaired) electrons. The number of carbonyl (C=O) groups excluding carboxylic acids is 2. The quantitative estimate of drug-likeness (QED) is 0.808. The van der Waals surface area contributed by atoms with Crippen molar-refractivity contribution in [3.05, 3.63) is 35.4 Å². The molecule has 2 amide bonds. The van der Waals surface area contributed by atoms with E-state index in [2.05, 4.69) is 10.6 Å². The van der Waals surface area contributed by atoms with Crippen molar-refractivity contribution in [1.29, 1.82) is 0 Å². The Hall–Kier alpha value is -1.59. The summed E-state index contributed by atoms with van der Waals surface area (Å²) in [5.41, 5.74) is 1.85. The van der Waals surface area contributed by atoms with Crippen LogP contribution in [0.1, 0.15) is 48.0 Å². The minimum absolute atomic E-state index is 0. The molecule has 0 saturated carbocycles. The lowest BCUT2D eigenvalue weighted by molar-refractivity contribution is -0.126. The van der Waals surface area contributed by atoms with Crippen molar-refractivity contribution in [3.63, 3.8) is 0 Å². The number of amides is 2. The number of rotatable bonds is 5. The van der Waals surface area contributed by atoms with Gasteiger partial charge in [-0.1, -0.05) is 17.7 Å². The first-order valence-corrected chi connectivity index (χ1v) is 9.98. The topological polar surface area (TPSA) is 61.4 Å². The van der Waals surface area contributed by atoms with Crippen LogP contribution >= 0.6 is 12.4 Å². The van der Waals surface area contributed by atoms with Crippen molar-refractivity contribution in [2.24, 2.45) is 11.8 Å². The fourth-order valence-corrected chi connectivity index (χ4v) is 3.97. The number of nitrogens with zero attached hydrogens (tertiary/aromatic N) is 1. The normalized spacial score (nSPS) is 22.6. The number of carbonyl (C=O) groups is 2. The number of likely N-dealkylation sites (tertiary alicyclic amines) is 1. The summed E-state index contributed by atoms with van der Waals surface area (Å²) in [7, 11) is 0. The predicted molar refractivity (Wildman–Crippen MR) is 110 cm³/mol. The van der Waals surface area contributed by atoms with E-state index in [-0.39, 0.29) is 30.1 Å². The Morgan fingerprint density at radius 1 is 1.19 bits per heavy atom. The van der Waals surface area contributed by atoms with Gasteiger partial charge in [0.15, 0.2) is 0 Å². The maximum absolute atomic E-state index is 12.7. The van der Waals surface area contributed by atoms with Gasteiger partial charge in [-0.05, 0) is 70.2 Å². The third-order valence-electron chi connectivity index (χ3n) is 5.63. The number of benzene rings is 1. The van der Waals surface area contributed by atoms with Crippen LogP contribution in [0.3, 0.4) is 0 Å². The Morgan fingerprint density at radius 2 is 1.96 bits per heavy atom. The first kappa shape index (κ1) is 21.7. The van der Waals surface area contributed by atoms with E-state index < -0.39 is 0 Å². The number of hydrogen-bond acceptors (Lipinski definition) is 3. The molecule has 2 unspecified atom stereocenters. The minimum Gasteiger partial charge on any atom is -0.356 e. The summed E-state index contributed by atoms with van der Waals surface area (Å²) in [5.74, 6) is 0.739. The third-order valence-corrected chi connectivity index (χ3v) is 5.63. The van der Waals surface area contributed by atoms with E-state index in [1.165, 1.54) is 12.8 Å². The average Bonchev–Trinajstić information content (AvgIpc) is 2.69. The fraction of sp³-hybridized carbons (Fsp3) is 0.619. The molecule has 5 nitrogen and oxygen atoms in total. The summed E-state index contributed by atoms with van der Waals surface area (Å²) in [6, 6.07) is 7.67.